The van der Waals surface area contributed by atoms with Crippen molar-refractivity contribution in [3.8, 4) is 0 Å². The van der Waals surface area contributed by atoms with Crippen LogP contribution >= 0.6 is 11.6 Å². The molecule has 0 aliphatic heterocycles. The first-order valence-corrected chi connectivity index (χ1v) is 15.2. The Morgan fingerprint density at radius 2 is 1.51 bits per heavy atom. The molecule has 3 aromatic rings. The van der Waals surface area contributed by atoms with Crippen LogP contribution in [0.2, 0.25) is 5.02 Å². The molecule has 7 nitrogen and oxygen atoms in total. The van der Waals surface area contributed by atoms with Gasteiger partial charge < -0.3 is 10.2 Å². The summed E-state index contributed by atoms with van der Waals surface area (Å²) in [7, 11) is -3.81. The molecule has 0 fully saturated rings. The summed E-state index contributed by atoms with van der Waals surface area (Å²) in [6, 6.07) is 22.5. The summed E-state index contributed by atoms with van der Waals surface area (Å²) in [4.78, 5) is 29.0. The van der Waals surface area contributed by atoms with E-state index in [1.165, 1.54) is 4.90 Å². The monoisotopic (exact) mass is 569 g/mol. The fourth-order valence-corrected chi connectivity index (χ4v) is 5.30. The second-order valence-electron chi connectivity index (χ2n) is 9.77. The maximum atomic E-state index is 14.0. The highest BCUT2D eigenvalue weighted by Crippen LogP contribution is 2.23. The fraction of sp³-hybridized carbons (Fsp3) is 0.333. The number of carbonyl (C=O) groups is 2. The summed E-state index contributed by atoms with van der Waals surface area (Å²) in [6.45, 7) is 5.28. The average molecular weight is 570 g/mol. The van der Waals surface area contributed by atoms with E-state index in [2.05, 4.69) is 5.32 Å². The summed E-state index contributed by atoms with van der Waals surface area (Å²) in [6.07, 6.45) is 2.12. The SMILES string of the molecule is CCc1ccc(N(CC(=O)N(Cc2ccccc2Cl)[C@@H](Cc2ccccc2)C(=O)NC(C)C)S(C)(=O)=O)cc1. The summed E-state index contributed by atoms with van der Waals surface area (Å²) in [5.41, 5.74) is 2.95. The van der Waals surface area contributed by atoms with E-state index in [1.807, 2.05) is 69.3 Å². The Hall–Kier alpha value is -3.36. The van der Waals surface area contributed by atoms with E-state index in [-0.39, 0.29) is 24.9 Å². The Morgan fingerprint density at radius 1 is 0.897 bits per heavy atom. The minimum atomic E-state index is -3.81. The number of sulfonamides is 1. The topological polar surface area (TPSA) is 86.8 Å². The number of hydrogen-bond acceptors (Lipinski definition) is 4. The lowest BCUT2D eigenvalue weighted by atomic mass is 10.0. The van der Waals surface area contributed by atoms with Gasteiger partial charge in [-0.25, -0.2) is 8.42 Å². The molecule has 208 valence electrons. The van der Waals surface area contributed by atoms with Gasteiger partial charge in [-0.3, -0.25) is 13.9 Å². The van der Waals surface area contributed by atoms with Crippen LogP contribution in [-0.2, 0) is 39.0 Å². The third-order valence-electron chi connectivity index (χ3n) is 6.31. The second-order valence-corrected chi connectivity index (χ2v) is 12.1. The molecule has 3 aromatic carbocycles. The number of rotatable bonds is 12. The Labute approximate surface area is 236 Å². The molecule has 0 saturated carbocycles. The van der Waals surface area contributed by atoms with E-state index in [1.54, 1.807) is 30.3 Å². The van der Waals surface area contributed by atoms with Gasteiger partial charge in [0.1, 0.15) is 12.6 Å². The lowest BCUT2D eigenvalue weighted by Crippen LogP contribution is -2.54. The van der Waals surface area contributed by atoms with E-state index in [9.17, 15) is 18.0 Å². The van der Waals surface area contributed by atoms with Crippen molar-refractivity contribution in [1.82, 2.24) is 10.2 Å². The van der Waals surface area contributed by atoms with Crippen molar-refractivity contribution in [2.75, 3.05) is 17.1 Å². The van der Waals surface area contributed by atoms with E-state index < -0.39 is 28.5 Å². The molecular weight excluding hydrogens is 534 g/mol. The molecule has 3 rings (SSSR count). The Balaban J connectivity index is 2.05. The largest absolute Gasteiger partial charge is 0.352 e. The molecule has 0 aromatic heterocycles. The number of anilines is 1. The van der Waals surface area contributed by atoms with Gasteiger partial charge in [0.05, 0.1) is 11.9 Å². The molecule has 39 heavy (non-hydrogen) atoms. The van der Waals surface area contributed by atoms with Crippen LogP contribution in [0.4, 0.5) is 5.69 Å². The third-order valence-corrected chi connectivity index (χ3v) is 7.82. The van der Waals surface area contributed by atoms with Crippen molar-refractivity contribution in [3.63, 3.8) is 0 Å². The van der Waals surface area contributed by atoms with Gasteiger partial charge in [0.15, 0.2) is 0 Å². The Morgan fingerprint density at radius 3 is 2.08 bits per heavy atom. The number of hydrogen-bond donors (Lipinski definition) is 1. The number of amides is 2. The third kappa shape index (κ3) is 8.57. The normalized spacial score (nSPS) is 12.2. The van der Waals surface area contributed by atoms with Crippen LogP contribution in [0.25, 0.3) is 0 Å². The zero-order chi connectivity index (χ0) is 28.6. The van der Waals surface area contributed by atoms with E-state index in [0.29, 0.717) is 16.3 Å². The van der Waals surface area contributed by atoms with Crippen LogP contribution in [0, 0.1) is 0 Å². The molecule has 0 heterocycles. The van der Waals surface area contributed by atoms with Crippen LogP contribution in [0.3, 0.4) is 0 Å². The predicted octanol–water partition coefficient (Wildman–Crippen LogP) is 4.83. The molecule has 9 heteroatoms. The summed E-state index contributed by atoms with van der Waals surface area (Å²) in [5.74, 6) is -0.841. The quantitative estimate of drug-likeness (QED) is 0.338. The zero-order valence-corrected chi connectivity index (χ0v) is 24.4. The van der Waals surface area contributed by atoms with Crippen molar-refractivity contribution in [2.24, 2.45) is 0 Å². The molecule has 0 saturated heterocycles. The number of benzene rings is 3. The predicted molar refractivity (Wildman–Crippen MR) is 157 cm³/mol. The van der Waals surface area contributed by atoms with Gasteiger partial charge in [-0.2, -0.15) is 0 Å². The molecule has 1 N–H and O–H groups in total. The molecule has 1 atom stereocenters. The molecular formula is C30H36ClN3O4S. The molecule has 0 spiro atoms. The van der Waals surface area contributed by atoms with Crippen molar-refractivity contribution in [2.45, 2.75) is 52.2 Å². The molecule has 0 unspecified atom stereocenters. The van der Waals surface area contributed by atoms with Gasteiger partial charge in [-0.05, 0) is 55.2 Å². The van der Waals surface area contributed by atoms with Crippen molar-refractivity contribution in [1.29, 1.82) is 0 Å². The van der Waals surface area contributed by atoms with E-state index in [0.717, 1.165) is 28.1 Å². The Kier molecular flexibility index (Phi) is 10.5. The van der Waals surface area contributed by atoms with Gasteiger partial charge in [-0.15, -0.1) is 0 Å². The second kappa shape index (κ2) is 13.6. The lowest BCUT2D eigenvalue weighted by Gasteiger charge is -2.34. The minimum absolute atomic E-state index is 0.0356. The highest BCUT2D eigenvalue weighted by Gasteiger charge is 2.33. The number of halogens is 1. The minimum Gasteiger partial charge on any atom is -0.352 e. The maximum Gasteiger partial charge on any atom is 0.244 e. The van der Waals surface area contributed by atoms with Crippen LogP contribution < -0.4 is 9.62 Å². The number of nitrogens with one attached hydrogen (secondary N) is 1. The van der Waals surface area contributed by atoms with Gasteiger partial charge in [0.2, 0.25) is 21.8 Å². The van der Waals surface area contributed by atoms with Gasteiger partial charge in [0, 0.05) is 24.0 Å². The van der Waals surface area contributed by atoms with Crippen LogP contribution in [0.5, 0.6) is 0 Å². The number of carbonyl (C=O) groups excluding carboxylic acids is 2. The summed E-state index contributed by atoms with van der Waals surface area (Å²) >= 11 is 6.46. The van der Waals surface area contributed by atoms with Gasteiger partial charge in [0.25, 0.3) is 0 Å². The van der Waals surface area contributed by atoms with Gasteiger partial charge in [-0.1, -0.05) is 79.2 Å². The summed E-state index contributed by atoms with van der Waals surface area (Å²) < 4.78 is 26.8. The van der Waals surface area contributed by atoms with Crippen molar-refractivity contribution in [3.05, 3.63) is 101 Å². The number of aryl methyl sites for hydroxylation is 1. The first-order valence-electron chi connectivity index (χ1n) is 12.9. The van der Waals surface area contributed by atoms with E-state index in [4.69, 9.17) is 11.6 Å². The molecule has 2 amide bonds. The number of nitrogens with zero attached hydrogens (tertiary/aromatic N) is 2. The van der Waals surface area contributed by atoms with Crippen molar-refractivity contribution >= 4 is 39.1 Å². The average Bonchev–Trinajstić information content (AvgIpc) is 2.89. The first-order chi connectivity index (χ1) is 18.5. The molecule has 0 aliphatic carbocycles. The zero-order valence-electron chi connectivity index (χ0n) is 22.8. The highest BCUT2D eigenvalue weighted by atomic mass is 35.5. The summed E-state index contributed by atoms with van der Waals surface area (Å²) in [5, 5.41) is 3.38. The van der Waals surface area contributed by atoms with Crippen LogP contribution in [0.1, 0.15) is 37.5 Å². The smallest absolute Gasteiger partial charge is 0.244 e. The maximum absolute atomic E-state index is 14.0. The Bertz CT molecular complexity index is 1360. The van der Waals surface area contributed by atoms with Crippen LogP contribution in [-0.4, -0.2) is 50.0 Å². The lowest BCUT2D eigenvalue weighted by molar-refractivity contribution is -0.140. The van der Waals surface area contributed by atoms with Crippen molar-refractivity contribution < 1.29 is 18.0 Å². The van der Waals surface area contributed by atoms with E-state index >= 15 is 0 Å². The molecule has 0 aliphatic rings. The molecule has 0 radical (unpaired) electrons. The highest BCUT2D eigenvalue weighted by molar-refractivity contribution is 7.92. The van der Waals surface area contributed by atoms with Gasteiger partial charge >= 0.3 is 0 Å². The fourth-order valence-electron chi connectivity index (χ4n) is 4.26. The first kappa shape index (κ1) is 30.2. The van der Waals surface area contributed by atoms with Crippen LogP contribution in [0.15, 0.2) is 78.9 Å². The molecule has 0 bridgehead atoms. The standard InChI is InChI=1S/C30H36ClN3O4S/c1-5-23-15-17-26(18-16-23)34(39(4,37)38)21-29(35)33(20-25-13-9-10-14-27(25)31)28(30(36)32-22(2)3)19-24-11-7-6-8-12-24/h6-18,22,28H,5,19-21H2,1-4H3,(H,32,36)/t28-/m0/s1.